The van der Waals surface area contributed by atoms with Crippen molar-refractivity contribution in [3.05, 3.63) is 69.5 Å². The van der Waals surface area contributed by atoms with E-state index in [-0.39, 0.29) is 36.0 Å². The summed E-state index contributed by atoms with van der Waals surface area (Å²) in [6.45, 7) is 5.97. The number of piperidine rings is 1. The number of carbonyl (C=O) groups is 2. The molecule has 1 aliphatic rings. The number of halogens is 4. The van der Waals surface area contributed by atoms with Gasteiger partial charge in [-0.05, 0) is 70.6 Å². The van der Waals surface area contributed by atoms with Gasteiger partial charge in [0.1, 0.15) is 11.6 Å². The second kappa shape index (κ2) is 14.4. The molecule has 0 radical (unpaired) electrons. The van der Waals surface area contributed by atoms with Gasteiger partial charge in [-0.3, -0.25) is 10.1 Å². The van der Waals surface area contributed by atoms with Gasteiger partial charge < -0.3 is 25.0 Å². The van der Waals surface area contributed by atoms with Crippen molar-refractivity contribution in [2.24, 2.45) is 0 Å². The van der Waals surface area contributed by atoms with Crippen molar-refractivity contribution in [2.75, 3.05) is 20.1 Å². The topological polar surface area (TPSA) is 125 Å². The van der Waals surface area contributed by atoms with Gasteiger partial charge in [0, 0.05) is 24.2 Å². The third kappa shape index (κ3) is 10.3. The molecule has 14 heteroatoms. The predicted octanol–water partition coefficient (Wildman–Crippen LogP) is 4.96. The molecule has 0 bridgehead atoms. The van der Waals surface area contributed by atoms with Crippen LogP contribution in [0.5, 0.6) is 5.75 Å². The summed E-state index contributed by atoms with van der Waals surface area (Å²) in [4.78, 5) is 36.2. The summed E-state index contributed by atoms with van der Waals surface area (Å²) in [5.74, 6) is -2.68. The summed E-state index contributed by atoms with van der Waals surface area (Å²) < 4.78 is 51.9. The van der Waals surface area contributed by atoms with E-state index in [9.17, 15) is 32.5 Å². The zero-order chi connectivity index (χ0) is 30.0. The number of rotatable bonds is 8. The molecule has 2 aromatic carbocycles. The van der Waals surface area contributed by atoms with Crippen molar-refractivity contribution in [3.8, 4) is 5.75 Å². The molecule has 40 heavy (non-hydrogen) atoms. The molecular formula is C26H32F4N4O6. The van der Waals surface area contributed by atoms with E-state index in [2.05, 4.69) is 10.2 Å². The monoisotopic (exact) mass is 572 g/mol. The Morgan fingerprint density at radius 3 is 2.23 bits per heavy atom. The van der Waals surface area contributed by atoms with Crippen molar-refractivity contribution in [1.82, 2.24) is 15.1 Å². The number of carboxylic acid groups (broad SMARTS) is 1. The number of alkyl halides is 3. The maximum absolute atomic E-state index is 14.6. The van der Waals surface area contributed by atoms with Crippen molar-refractivity contribution in [2.45, 2.75) is 58.1 Å². The van der Waals surface area contributed by atoms with Gasteiger partial charge in [0.15, 0.2) is 0 Å². The molecule has 220 valence electrons. The molecule has 0 saturated carbocycles. The Hall–Kier alpha value is -3.94. The number of carbonyl (C=O) groups excluding carboxylic acids is 1. The SMILES string of the molecule is CC(C)Oc1ccc(CNC(=O)N(Cc2ccc([N+](=O)[O-])cc2F)C2CCN(C)CC2)cc1.O=C(O)C(F)(F)F. The number of non-ortho nitro benzene ring substituents is 1. The molecule has 0 spiro atoms. The Bertz CT molecular complexity index is 1150. The number of hydrogen-bond donors (Lipinski definition) is 2. The average Bonchev–Trinajstić information content (AvgIpc) is 2.87. The minimum Gasteiger partial charge on any atom is -0.491 e. The summed E-state index contributed by atoms with van der Waals surface area (Å²) >= 11 is 0. The highest BCUT2D eigenvalue weighted by atomic mass is 19.4. The second-order valence-electron chi connectivity index (χ2n) is 9.47. The fourth-order valence-electron chi connectivity index (χ4n) is 3.87. The Labute approximate surface area is 228 Å². The third-order valence-corrected chi connectivity index (χ3v) is 5.96. The highest BCUT2D eigenvalue weighted by Crippen LogP contribution is 2.23. The number of likely N-dealkylation sites (tertiary alicyclic amines) is 1. The fraction of sp³-hybridized carbons (Fsp3) is 0.462. The first-order valence-corrected chi connectivity index (χ1v) is 12.4. The Morgan fingerprint density at radius 2 is 1.75 bits per heavy atom. The van der Waals surface area contributed by atoms with E-state index >= 15 is 0 Å². The van der Waals surface area contributed by atoms with E-state index in [1.54, 1.807) is 4.90 Å². The van der Waals surface area contributed by atoms with Gasteiger partial charge in [0.05, 0.1) is 23.6 Å². The highest BCUT2D eigenvalue weighted by Gasteiger charge is 2.38. The number of nitro groups is 1. The highest BCUT2D eigenvalue weighted by molar-refractivity contribution is 5.74. The van der Waals surface area contributed by atoms with Crippen LogP contribution < -0.4 is 10.1 Å². The molecule has 3 rings (SSSR count). The minimum absolute atomic E-state index is 0.0439. The summed E-state index contributed by atoms with van der Waals surface area (Å²) in [7, 11) is 2.03. The van der Waals surface area contributed by atoms with E-state index in [4.69, 9.17) is 14.6 Å². The summed E-state index contributed by atoms with van der Waals surface area (Å²) in [5.41, 5.74) is 0.866. The van der Waals surface area contributed by atoms with Crippen LogP contribution in [0.4, 0.5) is 28.0 Å². The number of hydrogen-bond acceptors (Lipinski definition) is 6. The number of nitrogens with one attached hydrogen (secondary N) is 1. The molecule has 2 N–H and O–H groups in total. The molecule has 0 unspecified atom stereocenters. The van der Waals surface area contributed by atoms with Gasteiger partial charge in [0.25, 0.3) is 5.69 Å². The molecule has 2 aromatic rings. The number of nitro benzene ring substituents is 1. The van der Waals surface area contributed by atoms with Crippen LogP contribution in [0.3, 0.4) is 0 Å². The van der Waals surface area contributed by atoms with Crippen LogP contribution >= 0.6 is 0 Å². The molecule has 1 heterocycles. The number of benzene rings is 2. The van der Waals surface area contributed by atoms with Gasteiger partial charge in [-0.1, -0.05) is 12.1 Å². The van der Waals surface area contributed by atoms with E-state index in [1.807, 2.05) is 45.2 Å². The molecule has 10 nitrogen and oxygen atoms in total. The zero-order valence-corrected chi connectivity index (χ0v) is 22.3. The van der Waals surface area contributed by atoms with Crippen molar-refractivity contribution in [3.63, 3.8) is 0 Å². The Kier molecular flexibility index (Phi) is 11.7. The number of ether oxygens (including phenoxy) is 1. The predicted molar refractivity (Wildman–Crippen MR) is 137 cm³/mol. The Morgan fingerprint density at radius 1 is 1.18 bits per heavy atom. The van der Waals surface area contributed by atoms with Crippen LogP contribution in [0.2, 0.25) is 0 Å². The first-order valence-electron chi connectivity index (χ1n) is 12.4. The molecule has 0 aromatic heterocycles. The molecule has 0 aliphatic carbocycles. The number of amides is 2. The van der Waals surface area contributed by atoms with Crippen molar-refractivity contribution >= 4 is 17.7 Å². The third-order valence-electron chi connectivity index (χ3n) is 5.96. The number of carboxylic acids is 1. The largest absolute Gasteiger partial charge is 0.491 e. The molecule has 1 aliphatic heterocycles. The summed E-state index contributed by atoms with van der Waals surface area (Å²) in [6.07, 6.45) is -3.45. The minimum atomic E-state index is -5.08. The van der Waals surface area contributed by atoms with E-state index in [1.165, 1.54) is 12.1 Å². The van der Waals surface area contributed by atoms with Crippen LogP contribution in [-0.4, -0.2) is 70.3 Å². The van der Waals surface area contributed by atoms with Crippen LogP contribution in [-0.2, 0) is 17.9 Å². The van der Waals surface area contributed by atoms with Crippen molar-refractivity contribution in [1.29, 1.82) is 0 Å². The standard InChI is InChI=1S/C24H31FN4O4.C2HF3O2/c1-17(2)33-22-8-4-18(5-9-22)15-26-24(30)28(20-10-12-27(3)13-11-20)16-19-6-7-21(29(31)32)14-23(19)25;3-2(4,5)1(6)7/h4-9,14,17,20H,10-13,15-16H2,1-3H3,(H,26,30);(H,6,7). The summed E-state index contributed by atoms with van der Waals surface area (Å²) in [6, 6.07) is 10.7. The average molecular weight is 573 g/mol. The normalized spacial score (nSPS) is 14.2. The van der Waals surface area contributed by atoms with Gasteiger partial charge >= 0.3 is 18.2 Å². The molecule has 0 atom stereocenters. The lowest BCUT2D eigenvalue weighted by Gasteiger charge is -2.37. The zero-order valence-electron chi connectivity index (χ0n) is 22.3. The van der Waals surface area contributed by atoms with E-state index in [0.29, 0.717) is 6.54 Å². The quantitative estimate of drug-likeness (QED) is 0.260. The first-order chi connectivity index (χ1) is 18.7. The van der Waals surface area contributed by atoms with Gasteiger partial charge in [0.2, 0.25) is 0 Å². The molecule has 1 saturated heterocycles. The number of aliphatic carboxylic acids is 1. The van der Waals surface area contributed by atoms with Gasteiger partial charge in [-0.25, -0.2) is 14.0 Å². The van der Waals surface area contributed by atoms with Crippen LogP contribution in [0.15, 0.2) is 42.5 Å². The second-order valence-corrected chi connectivity index (χ2v) is 9.47. The molecular weight excluding hydrogens is 540 g/mol. The van der Waals surface area contributed by atoms with Crippen LogP contribution in [0, 0.1) is 15.9 Å². The van der Waals surface area contributed by atoms with Gasteiger partial charge in [-0.15, -0.1) is 0 Å². The van der Waals surface area contributed by atoms with Gasteiger partial charge in [-0.2, -0.15) is 13.2 Å². The smallest absolute Gasteiger partial charge is 0.490 e. The Balaban J connectivity index is 0.000000708. The number of nitrogens with zero attached hydrogens (tertiary/aromatic N) is 3. The maximum Gasteiger partial charge on any atom is 0.490 e. The number of urea groups is 1. The fourth-order valence-corrected chi connectivity index (χ4v) is 3.87. The van der Waals surface area contributed by atoms with E-state index < -0.39 is 22.9 Å². The van der Waals surface area contributed by atoms with Crippen molar-refractivity contribution < 1.29 is 41.9 Å². The lowest BCUT2D eigenvalue weighted by Crippen LogP contribution is -2.49. The molecule has 2 amide bonds. The van der Waals surface area contributed by atoms with E-state index in [0.717, 1.165) is 43.3 Å². The summed E-state index contributed by atoms with van der Waals surface area (Å²) in [5, 5.41) is 21.0. The maximum atomic E-state index is 14.6. The molecule has 1 fully saturated rings. The van der Waals surface area contributed by atoms with Crippen LogP contribution in [0.25, 0.3) is 0 Å². The lowest BCUT2D eigenvalue weighted by atomic mass is 10.0. The lowest BCUT2D eigenvalue weighted by molar-refractivity contribution is -0.385. The van der Waals surface area contributed by atoms with Crippen LogP contribution in [0.1, 0.15) is 37.8 Å². The first kappa shape index (κ1) is 32.3.